The van der Waals surface area contributed by atoms with Crippen molar-refractivity contribution in [2.24, 2.45) is 5.92 Å². The number of nitrogens with one attached hydrogen (secondary N) is 1. The number of nitrogens with two attached hydrogens (primary N) is 1. The third-order valence-corrected chi connectivity index (χ3v) is 5.76. The topological polar surface area (TPSA) is 108 Å². The number of carbonyl (C=O) groups excluding carboxylic acids is 1. The van der Waals surface area contributed by atoms with Crippen molar-refractivity contribution < 1.29 is 22.7 Å². The van der Waals surface area contributed by atoms with Crippen LogP contribution >= 0.6 is 0 Å². The molecule has 0 aliphatic carbocycles. The number of amides is 1. The van der Waals surface area contributed by atoms with Gasteiger partial charge in [-0.25, -0.2) is 8.42 Å². The second-order valence-electron chi connectivity index (χ2n) is 5.80. The molecular formula is C18H22N2O5S. The van der Waals surface area contributed by atoms with Crippen molar-refractivity contribution in [3.63, 3.8) is 0 Å². The Balaban J connectivity index is 2.06. The fourth-order valence-electron chi connectivity index (χ4n) is 2.36. The highest BCUT2D eigenvalue weighted by atomic mass is 32.2. The van der Waals surface area contributed by atoms with Gasteiger partial charge < -0.3 is 20.5 Å². The van der Waals surface area contributed by atoms with Gasteiger partial charge in [0.1, 0.15) is 11.5 Å². The van der Waals surface area contributed by atoms with Gasteiger partial charge in [-0.2, -0.15) is 0 Å². The van der Waals surface area contributed by atoms with E-state index in [1.165, 1.54) is 26.4 Å². The number of anilines is 2. The molecule has 2 rings (SSSR count). The average Bonchev–Trinajstić information content (AvgIpc) is 2.61. The molecule has 2 aromatic rings. The molecule has 0 fully saturated rings. The van der Waals surface area contributed by atoms with E-state index in [4.69, 9.17) is 15.2 Å². The molecule has 0 aliphatic heterocycles. The summed E-state index contributed by atoms with van der Waals surface area (Å²) in [6, 6.07) is 10.9. The number of hydrogen-bond donors (Lipinski definition) is 2. The third-order valence-electron chi connectivity index (χ3n) is 3.83. The van der Waals surface area contributed by atoms with Gasteiger partial charge in [0.15, 0.2) is 9.84 Å². The van der Waals surface area contributed by atoms with Crippen molar-refractivity contribution in [2.75, 3.05) is 31.0 Å². The number of rotatable bonds is 7. The van der Waals surface area contributed by atoms with Crippen molar-refractivity contribution in [1.29, 1.82) is 0 Å². The van der Waals surface area contributed by atoms with E-state index in [0.29, 0.717) is 22.9 Å². The van der Waals surface area contributed by atoms with Gasteiger partial charge in [-0.05, 0) is 42.5 Å². The molecule has 0 saturated carbocycles. The molecule has 0 saturated heterocycles. The quantitative estimate of drug-likeness (QED) is 0.716. The lowest BCUT2D eigenvalue weighted by molar-refractivity contribution is -0.118. The number of ether oxygens (including phenoxy) is 2. The van der Waals surface area contributed by atoms with Gasteiger partial charge >= 0.3 is 0 Å². The monoisotopic (exact) mass is 378 g/mol. The van der Waals surface area contributed by atoms with Crippen LogP contribution in [0.1, 0.15) is 6.92 Å². The molecular weight excluding hydrogens is 356 g/mol. The predicted octanol–water partition coefficient (Wildman–Crippen LogP) is 2.33. The van der Waals surface area contributed by atoms with Crippen LogP contribution in [-0.4, -0.2) is 34.3 Å². The van der Waals surface area contributed by atoms with Crippen LogP contribution in [0, 0.1) is 5.92 Å². The number of carbonyl (C=O) groups is 1. The lowest BCUT2D eigenvalue weighted by Crippen LogP contribution is -2.27. The van der Waals surface area contributed by atoms with Gasteiger partial charge in [0, 0.05) is 11.6 Å². The van der Waals surface area contributed by atoms with Crippen LogP contribution in [0.2, 0.25) is 0 Å². The van der Waals surface area contributed by atoms with Crippen LogP contribution in [0.25, 0.3) is 0 Å². The normalized spacial score (nSPS) is 12.3. The van der Waals surface area contributed by atoms with E-state index in [1.807, 2.05) is 0 Å². The average molecular weight is 378 g/mol. The summed E-state index contributed by atoms with van der Waals surface area (Å²) in [5.41, 5.74) is 6.66. The number of benzene rings is 2. The summed E-state index contributed by atoms with van der Waals surface area (Å²) in [7, 11) is -0.604. The molecule has 1 amide bonds. The fourth-order valence-corrected chi connectivity index (χ4v) is 3.91. The van der Waals surface area contributed by atoms with Crippen molar-refractivity contribution in [3.05, 3.63) is 42.5 Å². The second kappa shape index (κ2) is 8.09. The minimum atomic E-state index is -3.60. The minimum Gasteiger partial charge on any atom is -0.497 e. The summed E-state index contributed by atoms with van der Waals surface area (Å²) < 4.78 is 35.0. The zero-order valence-corrected chi connectivity index (χ0v) is 15.7. The first-order valence-corrected chi connectivity index (χ1v) is 9.53. The van der Waals surface area contributed by atoms with E-state index in [-0.39, 0.29) is 10.6 Å². The Kier molecular flexibility index (Phi) is 6.10. The van der Waals surface area contributed by atoms with E-state index in [0.717, 1.165) is 0 Å². The van der Waals surface area contributed by atoms with Crippen LogP contribution in [0.3, 0.4) is 0 Å². The predicted molar refractivity (Wildman–Crippen MR) is 100 cm³/mol. The zero-order chi connectivity index (χ0) is 19.3. The van der Waals surface area contributed by atoms with Crippen LogP contribution < -0.4 is 20.5 Å². The molecule has 0 spiro atoms. The molecule has 0 radical (unpaired) electrons. The summed E-state index contributed by atoms with van der Waals surface area (Å²) >= 11 is 0. The standard InChI is InChI=1S/C18H22N2O5S/c1-12(11-26(22,23)15-7-5-14(24-2)6-8-15)18(21)20-13-4-9-17(25-3)16(19)10-13/h4-10,12H,11,19H2,1-3H3,(H,20,21). The first-order chi connectivity index (χ1) is 12.3. The Morgan fingerprint density at radius 3 is 2.31 bits per heavy atom. The maximum atomic E-state index is 12.5. The molecule has 1 unspecified atom stereocenters. The molecule has 3 N–H and O–H groups in total. The van der Waals surface area contributed by atoms with Gasteiger partial charge in [0.2, 0.25) is 5.91 Å². The highest BCUT2D eigenvalue weighted by Crippen LogP contribution is 2.25. The molecule has 0 bridgehead atoms. The van der Waals surface area contributed by atoms with E-state index in [2.05, 4.69) is 5.32 Å². The third kappa shape index (κ3) is 4.66. The molecule has 2 aromatic carbocycles. The Labute approximate surface area is 153 Å². The minimum absolute atomic E-state index is 0.145. The number of sulfone groups is 1. The van der Waals surface area contributed by atoms with Crippen LogP contribution in [0.15, 0.2) is 47.4 Å². The van der Waals surface area contributed by atoms with E-state index >= 15 is 0 Å². The molecule has 0 aliphatic rings. The van der Waals surface area contributed by atoms with Gasteiger partial charge in [-0.1, -0.05) is 6.92 Å². The van der Waals surface area contributed by atoms with Gasteiger partial charge in [-0.3, -0.25) is 4.79 Å². The molecule has 26 heavy (non-hydrogen) atoms. The van der Waals surface area contributed by atoms with E-state index < -0.39 is 21.7 Å². The van der Waals surface area contributed by atoms with Crippen LogP contribution in [0.5, 0.6) is 11.5 Å². The maximum absolute atomic E-state index is 12.5. The molecule has 7 nitrogen and oxygen atoms in total. The Morgan fingerprint density at radius 1 is 1.12 bits per heavy atom. The number of hydrogen-bond acceptors (Lipinski definition) is 6. The van der Waals surface area contributed by atoms with Gasteiger partial charge in [0.05, 0.1) is 30.6 Å². The summed E-state index contributed by atoms with van der Waals surface area (Å²) in [6.07, 6.45) is 0. The highest BCUT2D eigenvalue weighted by Gasteiger charge is 2.23. The lowest BCUT2D eigenvalue weighted by Gasteiger charge is -2.14. The number of nitrogen functional groups attached to an aromatic ring is 1. The SMILES string of the molecule is COc1ccc(S(=O)(=O)CC(C)C(=O)Nc2ccc(OC)c(N)c2)cc1. The smallest absolute Gasteiger partial charge is 0.228 e. The van der Waals surface area contributed by atoms with Crippen LogP contribution in [0.4, 0.5) is 11.4 Å². The fraction of sp³-hybridized carbons (Fsp3) is 0.278. The Morgan fingerprint density at radius 2 is 1.77 bits per heavy atom. The first-order valence-electron chi connectivity index (χ1n) is 7.88. The summed E-state index contributed by atoms with van der Waals surface area (Å²) in [5, 5.41) is 2.67. The Bertz CT molecular complexity index is 879. The largest absolute Gasteiger partial charge is 0.497 e. The van der Waals surface area contributed by atoms with Gasteiger partial charge in [-0.15, -0.1) is 0 Å². The maximum Gasteiger partial charge on any atom is 0.228 e. The van der Waals surface area contributed by atoms with E-state index in [1.54, 1.807) is 37.3 Å². The van der Waals surface area contributed by atoms with Crippen molar-refractivity contribution in [2.45, 2.75) is 11.8 Å². The summed E-state index contributed by atoms with van der Waals surface area (Å²) in [6.45, 7) is 1.56. The van der Waals surface area contributed by atoms with Crippen molar-refractivity contribution >= 4 is 27.1 Å². The van der Waals surface area contributed by atoms with Crippen molar-refractivity contribution in [1.82, 2.24) is 0 Å². The summed E-state index contributed by atoms with van der Waals surface area (Å²) in [5.74, 6) is -0.404. The Hall–Kier alpha value is -2.74. The molecule has 140 valence electrons. The molecule has 0 aromatic heterocycles. The summed E-state index contributed by atoms with van der Waals surface area (Å²) in [4.78, 5) is 12.5. The van der Waals surface area contributed by atoms with Crippen molar-refractivity contribution in [3.8, 4) is 11.5 Å². The lowest BCUT2D eigenvalue weighted by atomic mass is 10.2. The molecule has 0 heterocycles. The zero-order valence-electron chi connectivity index (χ0n) is 14.9. The molecule has 8 heteroatoms. The number of methoxy groups -OCH3 is 2. The molecule has 1 atom stereocenters. The van der Waals surface area contributed by atoms with E-state index in [9.17, 15) is 13.2 Å². The van der Waals surface area contributed by atoms with Gasteiger partial charge in [0.25, 0.3) is 0 Å². The second-order valence-corrected chi connectivity index (χ2v) is 7.84. The highest BCUT2D eigenvalue weighted by molar-refractivity contribution is 7.91. The van der Waals surface area contributed by atoms with Crippen LogP contribution in [-0.2, 0) is 14.6 Å². The first kappa shape index (κ1) is 19.6.